The van der Waals surface area contributed by atoms with Gasteiger partial charge in [0.15, 0.2) is 0 Å². The van der Waals surface area contributed by atoms with Gasteiger partial charge in [0.05, 0.1) is 0 Å². The molecule has 0 spiro atoms. The van der Waals surface area contributed by atoms with E-state index in [-0.39, 0.29) is 0 Å². The zero-order valence-corrected chi connectivity index (χ0v) is 10.9. The van der Waals surface area contributed by atoms with Crippen LogP contribution in [0, 0.1) is 12.8 Å². The Kier molecular flexibility index (Phi) is 4.52. The summed E-state index contributed by atoms with van der Waals surface area (Å²) >= 11 is 0. The third kappa shape index (κ3) is 2.63. The molecule has 1 aromatic carbocycles. The third-order valence-electron chi connectivity index (χ3n) is 3.37. The molecular weight excluding hydrogens is 199 g/mol. The molecule has 0 atom stereocenters. The highest BCUT2D eigenvalue weighted by atomic mass is 19.1. The van der Waals surface area contributed by atoms with Gasteiger partial charge in [0.2, 0.25) is 0 Å². The maximum Gasteiger partial charge on any atom is 0.136 e. The second kappa shape index (κ2) is 5.47. The highest BCUT2D eigenvalue weighted by Crippen LogP contribution is 2.50. The van der Waals surface area contributed by atoms with Gasteiger partial charge >= 0.3 is 0 Å². The predicted molar refractivity (Wildman–Crippen MR) is 68.3 cm³/mol. The van der Waals surface area contributed by atoms with Crippen LogP contribution in [0.3, 0.4) is 0 Å². The molecular formula is C15H23F. The number of halogens is 1. The molecule has 0 amide bonds. The van der Waals surface area contributed by atoms with Crippen LogP contribution in [0.4, 0.5) is 4.39 Å². The van der Waals surface area contributed by atoms with Crippen LogP contribution in [0.2, 0.25) is 0 Å². The average Bonchev–Trinajstić information content (AvgIpc) is 2.28. The van der Waals surface area contributed by atoms with Crippen molar-refractivity contribution in [2.45, 2.75) is 52.6 Å². The Balaban J connectivity index is 0.000000606. The van der Waals surface area contributed by atoms with Crippen LogP contribution in [0.25, 0.3) is 0 Å². The number of aryl methyl sites for hydroxylation is 1. The van der Waals surface area contributed by atoms with Gasteiger partial charge in [0.25, 0.3) is 0 Å². The van der Waals surface area contributed by atoms with E-state index in [4.69, 9.17) is 0 Å². The van der Waals surface area contributed by atoms with Crippen molar-refractivity contribution < 1.29 is 4.39 Å². The Labute approximate surface area is 98.9 Å². The Hall–Kier alpha value is -0.850. The van der Waals surface area contributed by atoms with Gasteiger partial charge in [-0.15, -0.1) is 0 Å². The van der Waals surface area contributed by atoms with Crippen molar-refractivity contribution in [3.05, 3.63) is 35.4 Å². The van der Waals surface area contributed by atoms with Gasteiger partial charge in [-0.2, -0.15) is 0 Å². The lowest BCUT2D eigenvalue weighted by Crippen LogP contribution is -2.36. The van der Waals surface area contributed by atoms with Gasteiger partial charge in [-0.05, 0) is 31.2 Å². The lowest BCUT2D eigenvalue weighted by molar-refractivity contribution is 0.00116. The Morgan fingerprint density at radius 2 is 1.69 bits per heavy atom. The van der Waals surface area contributed by atoms with E-state index >= 15 is 0 Å². The van der Waals surface area contributed by atoms with E-state index in [1.807, 2.05) is 45.0 Å². The first-order chi connectivity index (χ1) is 7.64. The Morgan fingerprint density at radius 1 is 1.19 bits per heavy atom. The van der Waals surface area contributed by atoms with Crippen LogP contribution in [-0.4, -0.2) is 0 Å². The first-order valence-corrected chi connectivity index (χ1v) is 6.40. The van der Waals surface area contributed by atoms with Crippen molar-refractivity contribution in [1.82, 2.24) is 0 Å². The van der Waals surface area contributed by atoms with Crippen molar-refractivity contribution in [3.8, 4) is 0 Å². The second-order valence-electron chi connectivity index (χ2n) is 4.51. The molecule has 0 aliphatic heterocycles. The number of rotatable bonds is 2. The van der Waals surface area contributed by atoms with E-state index in [9.17, 15) is 4.39 Å². The molecule has 2 rings (SSSR count). The Bertz CT molecular complexity index is 307. The van der Waals surface area contributed by atoms with Crippen LogP contribution >= 0.6 is 0 Å². The molecule has 0 aromatic heterocycles. The molecule has 1 aliphatic rings. The molecule has 0 saturated heterocycles. The molecule has 1 heteroatoms. The van der Waals surface area contributed by atoms with Crippen molar-refractivity contribution in [2.75, 3.05) is 0 Å². The van der Waals surface area contributed by atoms with Crippen molar-refractivity contribution in [3.63, 3.8) is 0 Å². The molecule has 0 bridgehead atoms. The first-order valence-electron chi connectivity index (χ1n) is 6.40. The van der Waals surface area contributed by atoms with E-state index in [2.05, 4.69) is 6.92 Å². The van der Waals surface area contributed by atoms with Gasteiger partial charge in [-0.3, -0.25) is 0 Å². The SMILES string of the molecule is CC.CCC1CC(F)(c2ccc(C)cc2)C1. The van der Waals surface area contributed by atoms with Crippen molar-refractivity contribution in [1.29, 1.82) is 0 Å². The summed E-state index contributed by atoms with van der Waals surface area (Å²) in [5, 5.41) is 0. The summed E-state index contributed by atoms with van der Waals surface area (Å²) in [6.45, 7) is 8.17. The smallest absolute Gasteiger partial charge is 0.136 e. The van der Waals surface area contributed by atoms with E-state index in [0.29, 0.717) is 18.8 Å². The van der Waals surface area contributed by atoms with Gasteiger partial charge in [-0.1, -0.05) is 57.0 Å². The summed E-state index contributed by atoms with van der Waals surface area (Å²) < 4.78 is 14.2. The molecule has 1 fully saturated rings. The lowest BCUT2D eigenvalue weighted by Gasteiger charge is -2.41. The predicted octanol–water partition coefficient (Wildman–Crippen LogP) is 5.01. The van der Waals surface area contributed by atoms with E-state index in [0.717, 1.165) is 12.0 Å². The summed E-state index contributed by atoms with van der Waals surface area (Å²) in [6, 6.07) is 7.86. The van der Waals surface area contributed by atoms with Gasteiger partial charge in [-0.25, -0.2) is 4.39 Å². The highest BCUT2D eigenvalue weighted by molar-refractivity contribution is 5.28. The molecule has 0 nitrogen and oxygen atoms in total. The standard InChI is InChI=1S/C13H17F.C2H6/c1-3-11-8-13(14,9-11)12-6-4-10(2)5-7-12;1-2/h4-7,11H,3,8-9H2,1-2H3;1-2H3. The van der Waals surface area contributed by atoms with Gasteiger partial charge in [0.1, 0.15) is 5.67 Å². The minimum absolute atomic E-state index is 0.598. The molecule has 16 heavy (non-hydrogen) atoms. The average molecular weight is 222 g/mol. The molecule has 1 aromatic rings. The van der Waals surface area contributed by atoms with Crippen molar-refractivity contribution in [2.24, 2.45) is 5.92 Å². The first kappa shape index (κ1) is 13.2. The summed E-state index contributed by atoms with van der Waals surface area (Å²) in [5.74, 6) is 0.598. The third-order valence-corrected chi connectivity index (χ3v) is 3.37. The number of benzene rings is 1. The highest BCUT2D eigenvalue weighted by Gasteiger charge is 2.44. The summed E-state index contributed by atoms with van der Waals surface area (Å²) in [4.78, 5) is 0. The minimum Gasteiger partial charge on any atom is -0.239 e. The van der Waals surface area contributed by atoms with Crippen LogP contribution in [-0.2, 0) is 5.67 Å². The van der Waals surface area contributed by atoms with Gasteiger partial charge in [0, 0.05) is 0 Å². The molecule has 0 unspecified atom stereocenters. The Morgan fingerprint density at radius 3 is 2.12 bits per heavy atom. The van der Waals surface area contributed by atoms with Gasteiger partial charge < -0.3 is 0 Å². The summed E-state index contributed by atoms with van der Waals surface area (Å²) in [7, 11) is 0. The molecule has 0 radical (unpaired) electrons. The van der Waals surface area contributed by atoms with Crippen LogP contribution in [0.15, 0.2) is 24.3 Å². The number of hydrogen-bond acceptors (Lipinski definition) is 0. The fourth-order valence-electron chi connectivity index (χ4n) is 2.23. The molecule has 0 N–H and O–H groups in total. The minimum atomic E-state index is -1.02. The maximum absolute atomic E-state index is 14.2. The zero-order valence-electron chi connectivity index (χ0n) is 10.9. The van der Waals surface area contributed by atoms with E-state index < -0.39 is 5.67 Å². The van der Waals surface area contributed by atoms with Crippen LogP contribution < -0.4 is 0 Å². The van der Waals surface area contributed by atoms with Crippen LogP contribution in [0.5, 0.6) is 0 Å². The molecule has 1 aliphatic carbocycles. The normalized spacial score (nSPS) is 27.7. The van der Waals surface area contributed by atoms with Crippen LogP contribution in [0.1, 0.15) is 51.2 Å². The van der Waals surface area contributed by atoms with E-state index in [1.165, 1.54) is 5.56 Å². The molecule has 0 heterocycles. The zero-order chi connectivity index (χ0) is 12.2. The topological polar surface area (TPSA) is 0 Å². The quantitative estimate of drug-likeness (QED) is 0.660. The summed E-state index contributed by atoms with van der Waals surface area (Å²) in [5.41, 5.74) is 1.05. The molecule has 90 valence electrons. The maximum atomic E-state index is 14.2. The van der Waals surface area contributed by atoms with E-state index in [1.54, 1.807) is 0 Å². The largest absolute Gasteiger partial charge is 0.239 e. The summed E-state index contributed by atoms with van der Waals surface area (Å²) in [6.07, 6.45) is 2.54. The number of alkyl halides is 1. The number of hydrogen-bond donors (Lipinski definition) is 0. The molecule has 1 saturated carbocycles. The fraction of sp³-hybridized carbons (Fsp3) is 0.600. The second-order valence-corrected chi connectivity index (χ2v) is 4.51. The lowest BCUT2D eigenvalue weighted by atomic mass is 9.68. The van der Waals surface area contributed by atoms with Crippen molar-refractivity contribution >= 4 is 0 Å². The monoisotopic (exact) mass is 222 g/mol. The fourth-order valence-corrected chi connectivity index (χ4v) is 2.23.